The van der Waals surface area contributed by atoms with E-state index >= 15 is 0 Å². The van der Waals surface area contributed by atoms with Gasteiger partial charge in [0.25, 0.3) is 5.56 Å². The number of hydrogen-bond donors (Lipinski definition) is 2. The molecule has 0 spiro atoms. The molecule has 9 nitrogen and oxygen atoms in total. The summed E-state index contributed by atoms with van der Waals surface area (Å²) < 4.78 is 3.39. The fourth-order valence-corrected chi connectivity index (χ4v) is 3.69. The van der Waals surface area contributed by atoms with Crippen LogP contribution in [0.1, 0.15) is 27.2 Å². The molecule has 0 fully saturated rings. The summed E-state index contributed by atoms with van der Waals surface area (Å²) in [5, 5.41) is 10.8. The predicted octanol–water partition coefficient (Wildman–Crippen LogP) is 1.77. The van der Waals surface area contributed by atoms with E-state index in [1.165, 1.54) is 0 Å². The number of aryl methyl sites for hydroxylation is 1. The standard InChI is InChI=1S/C18H22N6O3S/c1-10(2)8-9-23-15(26)12-6-4-5-7-13(12)24-17(23)21-22-18(24)28-11(3)14(25)20-16(19)27/h4-7,10-11H,8-9H2,1-3H3,(H3,19,20,25,27). The number of nitrogens with zero attached hydrogens (tertiary/aromatic N) is 4. The van der Waals surface area contributed by atoms with Gasteiger partial charge < -0.3 is 5.73 Å². The largest absolute Gasteiger partial charge is 0.351 e. The van der Waals surface area contributed by atoms with Crippen LogP contribution in [0.2, 0.25) is 0 Å². The van der Waals surface area contributed by atoms with Crippen molar-refractivity contribution in [2.45, 2.75) is 44.1 Å². The van der Waals surface area contributed by atoms with E-state index in [4.69, 9.17) is 5.73 Å². The predicted molar refractivity (Wildman–Crippen MR) is 107 cm³/mol. The maximum atomic E-state index is 13.0. The van der Waals surface area contributed by atoms with Crippen molar-refractivity contribution >= 4 is 40.4 Å². The van der Waals surface area contributed by atoms with Crippen molar-refractivity contribution in [3.63, 3.8) is 0 Å². The first-order valence-corrected chi connectivity index (χ1v) is 9.81. The highest BCUT2D eigenvalue weighted by Gasteiger charge is 2.22. The topological polar surface area (TPSA) is 124 Å². The molecule has 0 saturated carbocycles. The number of aromatic nitrogens is 4. The first kappa shape index (κ1) is 19.9. The number of thioether (sulfide) groups is 1. The van der Waals surface area contributed by atoms with Gasteiger partial charge in [-0.15, -0.1) is 10.2 Å². The first-order chi connectivity index (χ1) is 13.3. The monoisotopic (exact) mass is 402 g/mol. The molecule has 10 heteroatoms. The number of primary amides is 1. The summed E-state index contributed by atoms with van der Waals surface area (Å²) in [5.41, 5.74) is 5.56. The Kier molecular flexibility index (Phi) is 5.68. The molecule has 3 amide bonds. The fraction of sp³-hybridized carbons (Fsp3) is 0.389. The number of nitrogens with two attached hydrogens (primary N) is 1. The number of carbonyl (C=O) groups is 2. The van der Waals surface area contributed by atoms with Gasteiger partial charge in [-0.1, -0.05) is 37.7 Å². The third-order valence-electron chi connectivity index (χ3n) is 4.31. The summed E-state index contributed by atoms with van der Waals surface area (Å²) >= 11 is 1.14. The van der Waals surface area contributed by atoms with Gasteiger partial charge in [0.15, 0.2) is 5.16 Å². The number of hydrogen-bond acceptors (Lipinski definition) is 6. The van der Waals surface area contributed by atoms with Crippen LogP contribution in [0.5, 0.6) is 0 Å². The Labute approximate surface area is 165 Å². The van der Waals surface area contributed by atoms with E-state index in [0.717, 1.165) is 18.2 Å². The minimum Gasteiger partial charge on any atom is -0.351 e. The summed E-state index contributed by atoms with van der Waals surface area (Å²) in [6, 6.07) is 6.31. The zero-order chi connectivity index (χ0) is 20.4. The Morgan fingerprint density at radius 3 is 2.61 bits per heavy atom. The van der Waals surface area contributed by atoms with Crippen LogP contribution in [-0.4, -0.2) is 36.4 Å². The number of amides is 3. The van der Waals surface area contributed by atoms with Crippen LogP contribution in [0.3, 0.4) is 0 Å². The number of imide groups is 1. The lowest BCUT2D eigenvalue weighted by atomic mass is 10.1. The highest BCUT2D eigenvalue weighted by atomic mass is 32.2. The fourth-order valence-electron chi connectivity index (χ4n) is 2.83. The molecule has 1 aromatic carbocycles. The van der Waals surface area contributed by atoms with E-state index in [0.29, 0.717) is 34.3 Å². The number of urea groups is 1. The van der Waals surface area contributed by atoms with Crippen molar-refractivity contribution in [2.75, 3.05) is 0 Å². The summed E-state index contributed by atoms with van der Waals surface area (Å²) in [6.45, 7) is 6.34. The molecule has 2 heterocycles. The highest BCUT2D eigenvalue weighted by molar-refractivity contribution is 8.00. The van der Waals surface area contributed by atoms with E-state index in [1.807, 2.05) is 18.2 Å². The van der Waals surface area contributed by atoms with Gasteiger partial charge in [0.05, 0.1) is 16.2 Å². The Morgan fingerprint density at radius 2 is 1.93 bits per heavy atom. The Hall–Kier alpha value is -2.88. The normalized spacial score (nSPS) is 12.6. The van der Waals surface area contributed by atoms with Crippen LogP contribution >= 0.6 is 11.8 Å². The molecule has 1 unspecified atom stereocenters. The summed E-state index contributed by atoms with van der Waals surface area (Å²) in [7, 11) is 0. The van der Waals surface area contributed by atoms with E-state index in [-0.39, 0.29) is 5.56 Å². The van der Waals surface area contributed by atoms with Crippen molar-refractivity contribution < 1.29 is 9.59 Å². The quantitative estimate of drug-likeness (QED) is 0.606. The number of nitrogens with one attached hydrogen (secondary N) is 1. The molecule has 2 aromatic heterocycles. The second kappa shape index (κ2) is 8.01. The van der Waals surface area contributed by atoms with Crippen LogP contribution in [0.4, 0.5) is 4.79 Å². The number of para-hydroxylation sites is 1. The molecule has 0 aliphatic rings. The molecule has 0 aliphatic heterocycles. The van der Waals surface area contributed by atoms with Gasteiger partial charge in [0, 0.05) is 6.54 Å². The van der Waals surface area contributed by atoms with E-state index < -0.39 is 17.2 Å². The maximum absolute atomic E-state index is 13.0. The third kappa shape index (κ3) is 3.86. The molecular weight excluding hydrogens is 380 g/mol. The first-order valence-electron chi connectivity index (χ1n) is 8.93. The van der Waals surface area contributed by atoms with Gasteiger partial charge in [0.2, 0.25) is 11.7 Å². The molecule has 28 heavy (non-hydrogen) atoms. The zero-order valence-electron chi connectivity index (χ0n) is 15.9. The van der Waals surface area contributed by atoms with Crippen LogP contribution in [-0.2, 0) is 11.3 Å². The lowest BCUT2D eigenvalue weighted by Crippen LogP contribution is -2.39. The minimum absolute atomic E-state index is 0.118. The SMILES string of the molecule is CC(C)CCn1c(=O)c2ccccc2n2c(SC(C)C(=O)NC(N)=O)nnc12. The molecule has 1 atom stereocenters. The van der Waals surface area contributed by atoms with Gasteiger partial charge in [-0.2, -0.15) is 0 Å². The molecule has 0 saturated heterocycles. The zero-order valence-corrected chi connectivity index (χ0v) is 16.7. The Bertz CT molecular complexity index is 1100. The van der Waals surface area contributed by atoms with Crippen molar-refractivity contribution in [1.82, 2.24) is 24.5 Å². The second-order valence-corrected chi connectivity index (χ2v) is 8.20. The molecular formula is C18H22N6O3S. The summed E-state index contributed by atoms with van der Waals surface area (Å²) in [5.74, 6) is 0.328. The average molecular weight is 402 g/mol. The van der Waals surface area contributed by atoms with Crippen molar-refractivity contribution in [3.05, 3.63) is 34.6 Å². The second-order valence-electron chi connectivity index (χ2n) is 6.89. The van der Waals surface area contributed by atoms with E-state index in [2.05, 4.69) is 29.4 Å². The van der Waals surface area contributed by atoms with Gasteiger partial charge in [0.1, 0.15) is 0 Å². The van der Waals surface area contributed by atoms with Crippen molar-refractivity contribution in [2.24, 2.45) is 11.7 Å². The molecule has 0 radical (unpaired) electrons. The summed E-state index contributed by atoms with van der Waals surface area (Å²) in [4.78, 5) is 35.9. The number of fused-ring (bicyclic) bond motifs is 3. The highest BCUT2D eigenvalue weighted by Crippen LogP contribution is 2.25. The van der Waals surface area contributed by atoms with Gasteiger partial charge in [-0.3, -0.25) is 23.9 Å². The van der Waals surface area contributed by atoms with Crippen LogP contribution < -0.4 is 16.6 Å². The summed E-state index contributed by atoms with van der Waals surface area (Å²) in [6.07, 6.45) is 0.820. The molecule has 0 aliphatic carbocycles. The average Bonchev–Trinajstić information content (AvgIpc) is 3.04. The Balaban J connectivity index is 2.12. The lowest BCUT2D eigenvalue weighted by Gasteiger charge is -2.13. The van der Waals surface area contributed by atoms with Gasteiger partial charge in [-0.25, -0.2) is 4.79 Å². The van der Waals surface area contributed by atoms with Gasteiger partial charge >= 0.3 is 6.03 Å². The molecule has 148 valence electrons. The number of rotatable bonds is 6. The smallest absolute Gasteiger partial charge is 0.318 e. The third-order valence-corrected chi connectivity index (χ3v) is 5.35. The van der Waals surface area contributed by atoms with E-state index in [9.17, 15) is 14.4 Å². The van der Waals surface area contributed by atoms with Crippen LogP contribution in [0.25, 0.3) is 16.7 Å². The van der Waals surface area contributed by atoms with Crippen LogP contribution in [0, 0.1) is 5.92 Å². The minimum atomic E-state index is -0.906. The molecule has 3 rings (SSSR count). The van der Waals surface area contributed by atoms with Crippen molar-refractivity contribution in [1.29, 1.82) is 0 Å². The van der Waals surface area contributed by atoms with Gasteiger partial charge in [-0.05, 0) is 31.4 Å². The molecule has 3 aromatic rings. The van der Waals surface area contributed by atoms with E-state index in [1.54, 1.807) is 22.0 Å². The Morgan fingerprint density at radius 1 is 1.21 bits per heavy atom. The molecule has 0 bridgehead atoms. The van der Waals surface area contributed by atoms with Crippen molar-refractivity contribution in [3.8, 4) is 0 Å². The number of carbonyl (C=O) groups excluding carboxylic acids is 2. The number of benzene rings is 1. The lowest BCUT2D eigenvalue weighted by molar-refractivity contribution is -0.119. The maximum Gasteiger partial charge on any atom is 0.318 e. The molecule has 3 N–H and O–H groups in total. The van der Waals surface area contributed by atoms with Crippen LogP contribution in [0.15, 0.2) is 34.2 Å².